The van der Waals surface area contributed by atoms with E-state index < -0.39 is 0 Å². The van der Waals surface area contributed by atoms with Crippen LogP contribution in [0.25, 0.3) is 0 Å². The largest absolute Gasteiger partial charge is 0.504 e. The van der Waals surface area contributed by atoms with Gasteiger partial charge in [-0.1, -0.05) is 99.0 Å². The van der Waals surface area contributed by atoms with Crippen molar-refractivity contribution in [1.29, 1.82) is 0 Å². The maximum absolute atomic E-state index is 10.1. The van der Waals surface area contributed by atoms with Gasteiger partial charge in [-0.3, -0.25) is 0 Å². The monoisotopic (exact) mass is 861 g/mol. The Balaban J connectivity index is -0.000000219. The van der Waals surface area contributed by atoms with E-state index in [-0.39, 0.29) is 31.9 Å². The third-order valence-electron chi connectivity index (χ3n) is 10.1. The van der Waals surface area contributed by atoms with E-state index in [0.717, 1.165) is 74.4 Å². The molecular weight excluding hydrogens is 773 g/mol. The molecule has 0 saturated heterocycles. The van der Waals surface area contributed by atoms with Gasteiger partial charge in [0, 0.05) is 76.0 Å². The fourth-order valence-electron chi connectivity index (χ4n) is 6.42. The van der Waals surface area contributed by atoms with Crippen molar-refractivity contribution < 1.29 is 38.1 Å². The summed E-state index contributed by atoms with van der Waals surface area (Å²) in [5.74, 6) is 16.6. The zero-order valence-electron chi connectivity index (χ0n) is 39.5. The van der Waals surface area contributed by atoms with Crippen molar-refractivity contribution in [1.82, 2.24) is 0 Å². The number of methoxy groups -OCH3 is 1. The number of ether oxygens (including phenoxy) is 3. The summed E-state index contributed by atoms with van der Waals surface area (Å²) in [6.45, 7) is 21.1. The van der Waals surface area contributed by atoms with Crippen LogP contribution in [0, 0.1) is 61.9 Å². The number of nitrogens with zero attached hydrogens (tertiary/aromatic N) is 2. The van der Waals surface area contributed by atoms with Gasteiger partial charge in [0.1, 0.15) is 6.11 Å². The highest BCUT2D eigenvalue weighted by Crippen LogP contribution is 2.34. The minimum atomic E-state index is 0. The van der Waals surface area contributed by atoms with Crippen LogP contribution in [0.2, 0.25) is 0 Å². The second-order valence-corrected chi connectivity index (χ2v) is 15.3. The summed E-state index contributed by atoms with van der Waals surface area (Å²) in [7, 11) is 1.55. The molecule has 0 unspecified atom stereocenters. The van der Waals surface area contributed by atoms with E-state index in [0.29, 0.717) is 17.2 Å². The maximum atomic E-state index is 10.1. The Morgan fingerprint density at radius 3 is 1.56 bits per heavy atom. The summed E-state index contributed by atoms with van der Waals surface area (Å²) in [5.41, 5.74) is 4.14. The Morgan fingerprint density at radius 2 is 1.06 bits per heavy atom. The summed E-state index contributed by atoms with van der Waals surface area (Å²) < 4.78 is 16.3. The predicted molar refractivity (Wildman–Crippen MR) is 273 cm³/mol. The van der Waals surface area contributed by atoms with Gasteiger partial charge in [0.05, 0.1) is 13.2 Å². The van der Waals surface area contributed by atoms with Gasteiger partial charge in [0.2, 0.25) is 0 Å². The molecule has 0 atom stereocenters. The highest BCUT2D eigenvalue weighted by atomic mass is 16.5. The molecule has 0 heterocycles. The van der Waals surface area contributed by atoms with Crippen LogP contribution in [0.15, 0.2) is 48.5 Å². The van der Waals surface area contributed by atoms with Crippen LogP contribution < -0.4 is 24.0 Å². The summed E-state index contributed by atoms with van der Waals surface area (Å²) in [4.78, 5) is 4.78. The normalized spacial score (nSPS) is 9.82. The van der Waals surface area contributed by atoms with Crippen LogP contribution in [0.5, 0.6) is 34.5 Å². The molecule has 0 aliphatic rings. The zero-order valence-corrected chi connectivity index (χ0v) is 39.5. The highest BCUT2D eigenvalue weighted by Gasteiger charge is 2.14. The first-order chi connectivity index (χ1) is 30.0. The lowest BCUT2D eigenvalue weighted by Crippen LogP contribution is -2.25. The number of aromatic hydroxyl groups is 3. The van der Waals surface area contributed by atoms with Crippen LogP contribution in [0.3, 0.4) is 0 Å². The highest BCUT2D eigenvalue weighted by molar-refractivity contribution is 5.57. The van der Waals surface area contributed by atoms with Gasteiger partial charge in [-0.15, -0.1) is 6.42 Å². The number of rotatable bonds is 24. The number of anilines is 2. The summed E-state index contributed by atoms with van der Waals surface area (Å²) >= 11 is 0. The Bertz CT molecular complexity index is 1940. The first-order valence-electron chi connectivity index (χ1n) is 22.8. The van der Waals surface area contributed by atoms with Gasteiger partial charge in [-0.2, -0.15) is 0 Å². The summed E-state index contributed by atoms with van der Waals surface area (Å²) in [6.07, 6.45) is 24.1. The topological polar surface area (TPSA) is 94.9 Å². The van der Waals surface area contributed by atoms with Gasteiger partial charge in [0.15, 0.2) is 34.5 Å². The van der Waals surface area contributed by atoms with Crippen molar-refractivity contribution in [2.24, 2.45) is 0 Å². The number of hydrogen-bond acceptors (Lipinski definition) is 8. The van der Waals surface area contributed by atoms with Crippen molar-refractivity contribution in [3.8, 4) is 82.5 Å². The second kappa shape index (κ2) is 34.0. The number of hydrogen-bond donors (Lipinski definition) is 3. The van der Waals surface area contributed by atoms with Crippen molar-refractivity contribution in [2.75, 3.05) is 43.1 Å². The number of phenols is 3. The zero-order chi connectivity index (χ0) is 46.0. The van der Waals surface area contributed by atoms with Gasteiger partial charge in [-0.25, -0.2) is 0 Å². The van der Waals surface area contributed by atoms with Gasteiger partial charge in [0.25, 0.3) is 0 Å². The number of benzene rings is 3. The van der Waals surface area contributed by atoms with Gasteiger partial charge >= 0.3 is 0 Å². The van der Waals surface area contributed by atoms with E-state index in [4.69, 9.17) is 20.6 Å². The average Bonchev–Trinajstić information content (AvgIpc) is 3.27. The molecule has 62 heavy (non-hydrogen) atoms. The number of terminal acetylenes is 1. The van der Waals surface area contributed by atoms with E-state index in [1.54, 1.807) is 19.2 Å². The number of aryl methyl sites for hydroxylation is 2. The Hall–Kier alpha value is -5.70. The molecule has 3 rings (SSSR count). The Morgan fingerprint density at radius 1 is 0.581 bits per heavy atom. The minimum absolute atomic E-state index is 0. The summed E-state index contributed by atoms with van der Waals surface area (Å²) in [5, 5.41) is 29.6. The lowest BCUT2D eigenvalue weighted by molar-refractivity contribution is 0.186. The van der Waals surface area contributed by atoms with Crippen LogP contribution >= 0.6 is 0 Å². The Kier molecular flexibility index (Phi) is 29.7. The van der Waals surface area contributed by atoms with Crippen LogP contribution in [0.1, 0.15) is 151 Å². The first-order valence-corrected chi connectivity index (χ1v) is 22.8. The second-order valence-electron chi connectivity index (χ2n) is 15.3. The lowest BCUT2D eigenvalue weighted by atomic mass is 10.1. The molecule has 0 aliphatic heterocycles. The quantitative estimate of drug-likeness (QED) is 0.0606. The van der Waals surface area contributed by atoms with Crippen LogP contribution in [-0.2, 0) is 0 Å². The molecule has 8 nitrogen and oxygen atoms in total. The molecular formula is C54H88N2O6. The molecule has 0 saturated carbocycles. The van der Waals surface area contributed by atoms with E-state index >= 15 is 0 Å². The molecule has 0 fully saturated rings. The lowest BCUT2D eigenvalue weighted by Gasteiger charge is -2.26. The molecule has 0 amide bonds. The predicted octanol–water partition coefficient (Wildman–Crippen LogP) is 14.2. The molecule has 8 heteroatoms. The van der Waals surface area contributed by atoms with Gasteiger partial charge < -0.3 is 39.3 Å². The number of phenolic OH excluding ortho intramolecular Hbond substituents is 3. The van der Waals surface area contributed by atoms with Crippen molar-refractivity contribution in [2.45, 2.75) is 151 Å². The average molecular weight is 861 g/mol. The molecule has 0 spiro atoms. The molecule has 0 aliphatic carbocycles. The fraction of sp³-hybridized carbons (Fsp3) is 0.519. The minimum Gasteiger partial charge on any atom is -0.504 e. The maximum Gasteiger partial charge on any atom is 0.183 e. The van der Waals surface area contributed by atoms with Crippen LogP contribution in [-0.4, -0.2) is 54.7 Å². The Labute approximate surface area is 385 Å². The molecule has 3 aromatic carbocycles. The first kappa shape index (κ1) is 54.3. The third kappa shape index (κ3) is 22.2. The van der Waals surface area contributed by atoms with E-state index in [9.17, 15) is 15.3 Å². The SMILES string of the molecule is C#CC#CC#CC#COc1cc(N(CCCCCC)CCCCCC)ccc1O.CCCCN(CCCC)c1ccc(O)c(OC(CC)CC)c1.COc1cc(C)cc(C)c1O.[HH].[HH].[HH].[HH].[HH].[HH]. The summed E-state index contributed by atoms with van der Waals surface area (Å²) in [6, 6.07) is 14.9. The van der Waals surface area contributed by atoms with E-state index in [2.05, 4.69) is 93.0 Å². The molecule has 3 N–H and O–H groups in total. The van der Waals surface area contributed by atoms with E-state index in [1.165, 1.54) is 64.2 Å². The van der Waals surface area contributed by atoms with Crippen molar-refractivity contribution in [3.63, 3.8) is 0 Å². The fourth-order valence-corrected chi connectivity index (χ4v) is 6.42. The van der Waals surface area contributed by atoms with E-state index in [1.807, 2.05) is 50.2 Å². The van der Waals surface area contributed by atoms with Crippen molar-refractivity contribution >= 4 is 11.4 Å². The van der Waals surface area contributed by atoms with Crippen LogP contribution in [0.4, 0.5) is 11.4 Å². The molecule has 0 radical (unpaired) electrons. The third-order valence-corrected chi connectivity index (χ3v) is 10.1. The number of unbranched alkanes of at least 4 members (excludes halogenated alkanes) is 8. The van der Waals surface area contributed by atoms with Crippen molar-refractivity contribution in [3.05, 3.63) is 59.7 Å². The molecule has 0 aromatic heterocycles. The standard InChI is InChI=1S/C26H31NO2.C19H33NO2.C9H12O2.6H2/c1-4-7-10-13-14-17-22-29-26-23-24(18-19-25(26)28)27(20-15-11-8-5-2)21-16-12-9-6-3;1-5-9-13-20(14-10-6-2)16-11-12-18(21)19(15-16)22-17(7-3)8-4;1-6-4-7(2)9(10)8(5-6)11-3;;;;;;/h1,18-19,23,28H,5-6,8-9,11-12,15-16,20-21H2,2-3H3;11-12,15,17,21H,5-10,13-14H2,1-4H3;4-5,10H,1-3H3;6*1H. The molecule has 350 valence electrons. The smallest absolute Gasteiger partial charge is 0.183 e. The molecule has 0 bridgehead atoms. The van der Waals surface area contributed by atoms with Gasteiger partial charge in [-0.05, 0) is 112 Å². The molecule has 3 aromatic rings.